The largest absolute Gasteiger partial charge is 0.417 e. The van der Waals surface area contributed by atoms with Crippen molar-refractivity contribution in [2.75, 3.05) is 18.0 Å². The van der Waals surface area contributed by atoms with E-state index >= 15 is 0 Å². The molecule has 1 unspecified atom stereocenters. The highest BCUT2D eigenvalue weighted by Crippen LogP contribution is 2.36. The number of pyridine rings is 1. The van der Waals surface area contributed by atoms with Gasteiger partial charge in [0.05, 0.1) is 5.56 Å². The van der Waals surface area contributed by atoms with Crippen molar-refractivity contribution < 1.29 is 21.6 Å². The van der Waals surface area contributed by atoms with Gasteiger partial charge >= 0.3 is 6.18 Å². The van der Waals surface area contributed by atoms with Crippen LogP contribution in [0, 0.1) is 0 Å². The van der Waals surface area contributed by atoms with E-state index in [0.717, 1.165) is 19.3 Å². The van der Waals surface area contributed by atoms with Crippen LogP contribution in [0.15, 0.2) is 17.2 Å². The zero-order chi connectivity index (χ0) is 15.3. The molecular formula is C12H14F3N3O2S. The van der Waals surface area contributed by atoms with Crippen LogP contribution in [0.25, 0.3) is 0 Å². The number of nitrogens with one attached hydrogen (secondary N) is 1. The first kappa shape index (κ1) is 14.6. The van der Waals surface area contributed by atoms with Gasteiger partial charge in [0.25, 0.3) is 0 Å². The maximum atomic E-state index is 12.8. The summed E-state index contributed by atoms with van der Waals surface area (Å²) < 4.78 is 65.0. The van der Waals surface area contributed by atoms with E-state index in [9.17, 15) is 21.6 Å². The second kappa shape index (κ2) is 4.84. The molecule has 0 aliphatic carbocycles. The van der Waals surface area contributed by atoms with Gasteiger partial charge in [0.2, 0.25) is 10.0 Å². The van der Waals surface area contributed by atoms with E-state index in [-0.39, 0.29) is 23.3 Å². The molecule has 116 valence electrons. The summed E-state index contributed by atoms with van der Waals surface area (Å²) in [6, 6.07) is 0.612. The fraction of sp³-hybridized carbons (Fsp3) is 0.583. The monoisotopic (exact) mass is 321 g/mol. The van der Waals surface area contributed by atoms with Gasteiger partial charge < -0.3 is 4.90 Å². The summed E-state index contributed by atoms with van der Waals surface area (Å²) in [5.74, 6) is 0.123. The van der Waals surface area contributed by atoms with Crippen molar-refractivity contribution in [3.05, 3.63) is 17.8 Å². The topological polar surface area (TPSA) is 62.3 Å². The van der Waals surface area contributed by atoms with Crippen LogP contribution in [0.3, 0.4) is 0 Å². The third-order valence-electron chi connectivity index (χ3n) is 3.86. The Kier molecular flexibility index (Phi) is 3.36. The van der Waals surface area contributed by atoms with Gasteiger partial charge in [-0.25, -0.2) is 18.1 Å². The van der Waals surface area contributed by atoms with Crippen molar-refractivity contribution in [2.24, 2.45) is 0 Å². The van der Waals surface area contributed by atoms with Crippen LogP contribution in [0.5, 0.6) is 0 Å². The number of fused-ring (bicyclic) bond motifs is 3. The maximum absolute atomic E-state index is 12.8. The molecule has 3 rings (SSSR count). The molecule has 2 aliphatic heterocycles. The third-order valence-corrected chi connectivity index (χ3v) is 5.28. The minimum atomic E-state index is -4.62. The summed E-state index contributed by atoms with van der Waals surface area (Å²) in [5.41, 5.74) is -1.05. The number of alkyl halides is 3. The highest BCUT2D eigenvalue weighted by atomic mass is 32.2. The average Bonchev–Trinajstić information content (AvgIpc) is 2.54. The molecule has 1 fully saturated rings. The Labute approximate surface area is 120 Å². The highest BCUT2D eigenvalue weighted by molar-refractivity contribution is 7.89. The minimum absolute atomic E-state index is 0.0565. The quantitative estimate of drug-likeness (QED) is 0.791. The molecule has 1 aromatic heterocycles. The second-order valence-corrected chi connectivity index (χ2v) is 6.97. The number of halogens is 3. The van der Waals surface area contributed by atoms with E-state index in [1.54, 1.807) is 4.90 Å². The lowest BCUT2D eigenvalue weighted by Crippen LogP contribution is -2.44. The summed E-state index contributed by atoms with van der Waals surface area (Å²) in [6.45, 7) is 0.799. The van der Waals surface area contributed by atoms with E-state index in [1.807, 2.05) is 0 Å². The number of rotatable bonds is 0. The molecule has 0 saturated carbocycles. The average molecular weight is 321 g/mol. The molecule has 21 heavy (non-hydrogen) atoms. The zero-order valence-electron chi connectivity index (χ0n) is 11.0. The van der Waals surface area contributed by atoms with Crippen molar-refractivity contribution in [3.8, 4) is 0 Å². The molecule has 2 aliphatic rings. The van der Waals surface area contributed by atoms with Crippen molar-refractivity contribution in [2.45, 2.75) is 36.4 Å². The van der Waals surface area contributed by atoms with E-state index in [1.165, 1.54) is 0 Å². The van der Waals surface area contributed by atoms with Gasteiger partial charge in [-0.3, -0.25) is 0 Å². The molecule has 5 nitrogen and oxygen atoms in total. The number of sulfonamides is 1. The number of hydrogen-bond donors (Lipinski definition) is 1. The number of hydrogen-bond acceptors (Lipinski definition) is 4. The smallest absolute Gasteiger partial charge is 0.351 e. The summed E-state index contributed by atoms with van der Waals surface area (Å²) in [6.07, 6.45) is -1.28. The number of piperidine rings is 1. The van der Waals surface area contributed by atoms with Gasteiger partial charge in [-0.15, -0.1) is 0 Å². The zero-order valence-corrected chi connectivity index (χ0v) is 11.8. The van der Waals surface area contributed by atoms with Crippen molar-refractivity contribution in [1.82, 2.24) is 9.71 Å². The van der Waals surface area contributed by atoms with Gasteiger partial charge in [0.1, 0.15) is 10.7 Å². The lowest BCUT2D eigenvalue weighted by Gasteiger charge is -2.35. The van der Waals surface area contributed by atoms with Gasteiger partial charge in [-0.2, -0.15) is 13.2 Å². The summed E-state index contributed by atoms with van der Waals surface area (Å²) in [7, 11) is -3.97. The minimum Gasteiger partial charge on any atom is -0.351 e. The SMILES string of the molecule is O=S1(=O)NCC2CCCCN2c2ncc(C(F)(F)F)cc21. The van der Waals surface area contributed by atoms with E-state index in [0.29, 0.717) is 18.8 Å². The Morgan fingerprint density at radius 1 is 1.33 bits per heavy atom. The molecular weight excluding hydrogens is 307 g/mol. The predicted molar refractivity (Wildman–Crippen MR) is 69.4 cm³/mol. The Morgan fingerprint density at radius 2 is 2.10 bits per heavy atom. The Bertz CT molecular complexity index is 660. The molecule has 1 saturated heterocycles. The molecule has 0 aromatic carbocycles. The van der Waals surface area contributed by atoms with Crippen LogP contribution < -0.4 is 9.62 Å². The van der Waals surface area contributed by atoms with Crippen LogP contribution in [0.4, 0.5) is 19.0 Å². The van der Waals surface area contributed by atoms with Crippen LogP contribution in [0.1, 0.15) is 24.8 Å². The fourth-order valence-electron chi connectivity index (χ4n) is 2.78. The molecule has 0 amide bonds. The molecule has 1 atom stereocenters. The lowest BCUT2D eigenvalue weighted by molar-refractivity contribution is -0.138. The molecule has 9 heteroatoms. The standard InChI is InChI=1S/C12H14F3N3O2S/c13-12(14,15)8-5-10-11(16-6-8)18-4-2-1-3-9(18)7-17-21(10,19)20/h5-6,9,17H,1-4,7H2. The third kappa shape index (κ3) is 2.59. The second-order valence-electron chi connectivity index (χ2n) is 5.24. The van der Waals surface area contributed by atoms with Crippen LogP contribution in [-0.2, 0) is 16.2 Å². The van der Waals surface area contributed by atoms with Crippen LogP contribution in [0.2, 0.25) is 0 Å². The number of nitrogens with zero attached hydrogens (tertiary/aromatic N) is 2. The van der Waals surface area contributed by atoms with Crippen molar-refractivity contribution >= 4 is 15.8 Å². The Hall–Kier alpha value is -1.35. The Balaban J connectivity index is 2.16. The summed E-state index contributed by atoms with van der Waals surface area (Å²) in [4.78, 5) is 5.23. The molecule has 3 heterocycles. The van der Waals surface area contributed by atoms with Gasteiger partial charge in [-0.05, 0) is 25.3 Å². The Morgan fingerprint density at radius 3 is 2.81 bits per heavy atom. The highest BCUT2D eigenvalue weighted by Gasteiger charge is 2.38. The van der Waals surface area contributed by atoms with Crippen LogP contribution in [-0.4, -0.2) is 32.5 Å². The van der Waals surface area contributed by atoms with E-state index < -0.39 is 21.8 Å². The molecule has 0 radical (unpaired) electrons. The predicted octanol–water partition coefficient (Wildman–Crippen LogP) is 1.75. The van der Waals surface area contributed by atoms with Gasteiger partial charge in [0.15, 0.2) is 0 Å². The number of aromatic nitrogens is 1. The first-order valence-corrected chi connectivity index (χ1v) is 8.11. The molecule has 1 N–H and O–H groups in total. The fourth-order valence-corrected chi connectivity index (χ4v) is 4.04. The van der Waals surface area contributed by atoms with Crippen molar-refractivity contribution in [1.29, 1.82) is 0 Å². The molecule has 1 aromatic rings. The molecule has 0 spiro atoms. The van der Waals surface area contributed by atoms with E-state index in [4.69, 9.17) is 0 Å². The first-order valence-electron chi connectivity index (χ1n) is 6.62. The lowest BCUT2D eigenvalue weighted by atomic mass is 10.0. The maximum Gasteiger partial charge on any atom is 0.417 e. The van der Waals surface area contributed by atoms with Crippen molar-refractivity contribution in [3.63, 3.8) is 0 Å². The van der Waals surface area contributed by atoms with Gasteiger partial charge in [-0.1, -0.05) is 0 Å². The molecule has 0 bridgehead atoms. The first-order chi connectivity index (χ1) is 9.79. The number of anilines is 1. The summed E-state index contributed by atoms with van der Waals surface area (Å²) >= 11 is 0. The summed E-state index contributed by atoms with van der Waals surface area (Å²) in [5, 5.41) is 0. The van der Waals surface area contributed by atoms with Gasteiger partial charge in [0, 0.05) is 25.3 Å². The normalized spacial score (nSPS) is 24.9. The van der Waals surface area contributed by atoms with Crippen LogP contribution >= 0.6 is 0 Å². The van der Waals surface area contributed by atoms with E-state index in [2.05, 4.69) is 9.71 Å².